The van der Waals surface area contributed by atoms with Crippen molar-refractivity contribution in [3.05, 3.63) is 160 Å². The Labute approximate surface area is 732 Å². The third kappa shape index (κ3) is 18.4. The largest absolute Gasteiger partial charge is 0.383 e. The smallest absolute Gasteiger partial charge is 0.264 e. The quantitative estimate of drug-likeness (QED) is 0.0549. The summed E-state index contributed by atoms with van der Waals surface area (Å²) in [7, 11) is 1.68. The average Bonchev–Trinajstić information content (AvgIpc) is 1.70. The minimum Gasteiger partial charge on any atom is -0.383 e. The Balaban J connectivity index is 0.000000118. The van der Waals surface area contributed by atoms with E-state index in [-0.39, 0.29) is 6.54 Å². The first-order valence-corrected chi connectivity index (χ1v) is 44.4. The Bertz CT molecular complexity index is 6240. The van der Waals surface area contributed by atoms with Crippen molar-refractivity contribution in [1.29, 1.82) is 0 Å². The molecule has 1 N–H and O–H groups in total. The number of H-pyrrole nitrogens is 1. The van der Waals surface area contributed by atoms with Gasteiger partial charge in [-0.1, -0.05) is 78.4 Å². The molecule has 658 valence electrons. The molecule has 32 heteroatoms. The van der Waals surface area contributed by atoms with E-state index in [0.29, 0.717) is 127 Å². The van der Waals surface area contributed by atoms with Crippen molar-refractivity contribution in [2.45, 2.75) is 258 Å². The van der Waals surface area contributed by atoms with E-state index in [1.807, 2.05) is 146 Å². The summed E-state index contributed by atoms with van der Waals surface area (Å²) in [6.07, 6.45) is 40.2. The molecule has 0 aromatic carbocycles. The second-order valence-corrected chi connectivity index (χ2v) is 36.3. The monoisotopic (exact) mass is 1830 g/mol. The number of halogens is 7. The summed E-state index contributed by atoms with van der Waals surface area (Å²) in [6, 6.07) is 8.20. The van der Waals surface area contributed by atoms with Crippen molar-refractivity contribution in [2.75, 3.05) is 26.9 Å². The molecule has 0 radical (unpaired) electrons. The molecular weight excluding hydrogens is 1720 g/mol. The number of ether oxygens (including phenoxy) is 3. The van der Waals surface area contributed by atoms with Gasteiger partial charge >= 0.3 is 0 Å². The van der Waals surface area contributed by atoms with Gasteiger partial charge in [-0.2, -0.15) is 15.3 Å². The van der Waals surface area contributed by atoms with Crippen LogP contribution in [0.1, 0.15) is 175 Å². The van der Waals surface area contributed by atoms with Crippen molar-refractivity contribution in [1.82, 2.24) is 88.6 Å². The molecule has 1 spiro atoms. The number of pyridine rings is 4. The molecule has 0 unspecified atom stereocenters. The second kappa shape index (κ2) is 35.3. The van der Waals surface area contributed by atoms with E-state index >= 15 is 17.6 Å². The van der Waals surface area contributed by atoms with Gasteiger partial charge in [0.2, 0.25) is 0 Å². The molecule has 25 nitrogen and oxygen atoms in total. The van der Waals surface area contributed by atoms with Crippen molar-refractivity contribution in [2.24, 2.45) is 0 Å². The Kier molecular flexibility index (Phi) is 24.5. The molecule has 4 aliphatic carbocycles. The number of rotatable bonds is 20. The van der Waals surface area contributed by atoms with Crippen molar-refractivity contribution in [3.63, 3.8) is 0 Å². The summed E-state index contributed by atoms with van der Waals surface area (Å²) >= 11 is 2.27. The Hall–Kier alpha value is -10.6. The number of aryl methyl sites for hydroxylation is 8. The van der Waals surface area contributed by atoms with Gasteiger partial charge in [-0.15, -0.1) is 0 Å². The Morgan fingerprint density at radius 3 is 1.11 bits per heavy atom. The number of nitrogens with zero attached hydrogens (tertiary/aromatic N) is 17. The number of hydrogen-bond acceptors (Lipinski definition) is 18. The standard InChI is InChI=1S/C25H28F3N5O.C25H30FN5O2.C22H24FN5O.C21H23FIN3O3/c1-16-22(17(2)34-31-16)18-9-21-23(29-10-18)20(19-11-30-33(12-19)14-24(3,26)27)13-32(21)15-25(28)7-5-4-6-8-25;1-17-23(18(2)33-29-17)19-11-22-24(27-12-19)21(20-13-28-31(14-20)9-10-32-3)15-30(22)16-25(26)7-5-4-6-8-25;1-14-20(15(2)29-27-14)16-8-19-21(24-9-16)18(17-10-25-26-11-17)12-28(19)13-22(23)6-4-3-5-7-22;1-13-18(14(2)29-25-13)15-9-17-19(24-10-15)16(23)11-26(17)12-20(22)3-5-21(6-4-20)27-7-8-28-21/h9-13H,4-8,14-15H2,1-3H3;11-15H,4-10,16H2,1-3H3;8-12H,3-7,13H2,1-2H3,(H,25,26);9-11H,3-8,12H2,1-2H3. The molecular formula is C93H105F6IN18O7. The minimum atomic E-state index is -2.87. The average molecular weight is 1830 g/mol. The third-order valence-electron chi connectivity index (χ3n) is 25.6. The molecule has 0 bridgehead atoms. The summed E-state index contributed by atoms with van der Waals surface area (Å²) in [5, 5.41) is 31.7. The summed E-state index contributed by atoms with van der Waals surface area (Å²) in [5.41, 5.74) is 17.7. The molecule has 20 rings (SSSR count). The molecule has 15 aromatic heterocycles. The number of aromatic amines is 1. The lowest BCUT2D eigenvalue weighted by Gasteiger charge is -2.39. The first-order chi connectivity index (χ1) is 60.0. The molecule has 0 atom stereocenters. The van der Waals surface area contributed by atoms with E-state index < -0.39 is 40.9 Å². The van der Waals surface area contributed by atoms with Crippen LogP contribution in [-0.4, -0.2) is 150 Å². The van der Waals surface area contributed by atoms with Gasteiger partial charge in [0.05, 0.1) is 136 Å². The number of aromatic nitrogens is 18. The van der Waals surface area contributed by atoms with Gasteiger partial charge in [-0.05, 0) is 154 Å². The van der Waals surface area contributed by atoms with Crippen LogP contribution in [0.15, 0.2) is 129 Å². The minimum absolute atomic E-state index is 0.220. The summed E-state index contributed by atoms with van der Waals surface area (Å²) in [4.78, 5) is 19.0. The normalized spacial score (nSPS) is 17.3. The fraction of sp³-hybridized carbons (Fsp3) is 0.473. The summed E-state index contributed by atoms with van der Waals surface area (Å²) in [5.74, 6) is -0.478. The van der Waals surface area contributed by atoms with Gasteiger partial charge in [0.1, 0.15) is 57.8 Å². The summed E-state index contributed by atoms with van der Waals surface area (Å²) in [6.45, 7) is 19.2. The summed E-state index contributed by atoms with van der Waals surface area (Å²) < 4.78 is 140. The fourth-order valence-corrected chi connectivity index (χ4v) is 20.0. The molecule has 0 amide bonds. The zero-order valence-electron chi connectivity index (χ0n) is 72.3. The van der Waals surface area contributed by atoms with Gasteiger partial charge in [0, 0.05) is 173 Å². The lowest BCUT2D eigenvalue weighted by Crippen LogP contribution is -2.43. The predicted octanol–water partition coefficient (Wildman–Crippen LogP) is 22.3. The van der Waals surface area contributed by atoms with Crippen LogP contribution >= 0.6 is 22.6 Å². The lowest BCUT2D eigenvalue weighted by molar-refractivity contribution is -0.194. The van der Waals surface area contributed by atoms with Gasteiger partial charge in [-0.3, -0.25) is 34.4 Å². The van der Waals surface area contributed by atoms with Crippen LogP contribution < -0.4 is 0 Å². The number of nitrogens with one attached hydrogen (secondary N) is 1. The first-order valence-electron chi connectivity index (χ1n) is 43.3. The van der Waals surface area contributed by atoms with E-state index in [4.69, 9.17) is 47.3 Å². The van der Waals surface area contributed by atoms with Gasteiger partial charge in [0.15, 0.2) is 5.79 Å². The Morgan fingerprint density at radius 2 is 0.760 bits per heavy atom. The highest BCUT2D eigenvalue weighted by atomic mass is 127. The van der Waals surface area contributed by atoms with Crippen LogP contribution in [-0.2, 0) is 53.5 Å². The van der Waals surface area contributed by atoms with Crippen molar-refractivity contribution >= 4 is 66.7 Å². The SMILES string of the molecule is COCCn1cc(-c2cn(CC3(F)CCCCC3)c3cc(-c4c(C)noc4C)cnc23)cn1.Cc1noc(C)c1-c1cnc2c(-c3cn[nH]c3)cn(CC3(F)CCCCC3)c2c1.Cc1noc(C)c1-c1cnc2c(-c3cnn(CC(C)(F)F)c3)cn(CC3(F)CCCCC3)c2c1.Cc1noc(C)c1-c1cnc2c(I)cn(CC3(F)CCC4(CC3)OCCO4)c2c1. The van der Waals surface area contributed by atoms with Gasteiger partial charge in [0.25, 0.3) is 5.92 Å². The molecule has 15 aromatic rings. The van der Waals surface area contributed by atoms with E-state index in [2.05, 4.69) is 86.8 Å². The maximum atomic E-state index is 15.8. The van der Waals surface area contributed by atoms with Crippen LogP contribution in [0.2, 0.25) is 0 Å². The second-order valence-electron chi connectivity index (χ2n) is 35.1. The van der Waals surface area contributed by atoms with Crippen molar-refractivity contribution in [3.8, 4) is 77.9 Å². The number of alkyl halides is 6. The van der Waals surface area contributed by atoms with Crippen LogP contribution in [0.4, 0.5) is 26.3 Å². The lowest BCUT2D eigenvalue weighted by atomic mass is 9.82. The highest BCUT2D eigenvalue weighted by Crippen LogP contribution is 2.47. The number of fused-ring (bicyclic) bond motifs is 4. The fourth-order valence-electron chi connectivity index (χ4n) is 19.3. The van der Waals surface area contributed by atoms with Crippen LogP contribution in [0, 0.1) is 59.0 Å². The molecule has 16 heterocycles. The molecule has 5 fully saturated rings. The van der Waals surface area contributed by atoms with Gasteiger partial charge in [-0.25, -0.2) is 26.3 Å². The van der Waals surface area contributed by atoms with Gasteiger partial charge < -0.3 is 50.6 Å². The predicted molar refractivity (Wildman–Crippen MR) is 472 cm³/mol. The first kappa shape index (κ1) is 86.5. The maximum absolute atomic E-state index is 15.8. The topological polar surface area (TPSA) is 267 Å². The highest BCUT2D eigenvalue weighted by Gasteiger charge is 2.47. The molecule has 1 saturated heterocycles. The Morgan fingerprint density at radius 1 is 0.416 bits per heavy atom. The van der Waals surface area contributed by atoms with Crippen molar-refractivity contribution < 1.29 is 58.6 Å². The van der Waals surface area contributed by atoms with E-state index in [9.17, 15) is 8.78 Å². The van der Waals surface area contributed by atoms with E-state index in [1.54, 1.807) is 31.9 Å². The third-order valence-corrected chi connectivity index (χ3v) is 26.3. The maximum Gasteiger partial charge on any atom is 0.264 e. The van der Waals surface area contributed by atoms with Crippen LogP contribution in [0.25, 0.3) is 122 Å². The zero-order valence-corrected chi connectivity index (χ0v) is 74.5. The van der Waals surface area contributed by atoms with E-state index in [0.717, 1.165) is 219 Å². The van der Waals surface area contributed by atoms with Crippen LogP contribution in [0.5, 0.6) is 0 Å². The molecule has 125 heavy (non-hydrogen) atoms. The molecule has 5 aliphatic rings. The molecule has 4 saturated carbocycles. The highest BCUT2D eigenvalue weighted by molar-refractivity contribution is 14.1. The van der Waals surface area contributed by atoms with Crippen LogP contribution in [0.3, 0.4) is 0 Å². The molecule has 1 aliphatic heterocycles. The number of hydrogen-bond donors (Lipinski definition) is 1. The van der Waals surface area contributed by atoms with E-state index in [1.165, 1.54) is 4.68 Å². The zero-order chi connectivity index (χ0) is 87.3. The number of methoxy groups -OCH3 is 1.